The predicted molar refractivity (Wildman–Crippen MR) is 222 cm³/mol. The molecule has 5 fully saturated rings. The first-order valence-electron chi connectivity index (χ1n) is 22.3. The van der Waals surface area contributed by atoms with Crippen molar-refractivity contribution in [3.8, 4) is 0 Å². The minimum absolute atomic E-state index is 0.0140. The van der Waals surface area contributed by atoms with Crippen molar-refractivity contribution in [3.05, 3.63) is 0 Å². The van der Waals surface area contributed by atoms with Gasteiger partial charge in [0.25, 0.3) is 0 Å². The molecule has 4 saturated carbocycles. The number of aliphatic hydroxyl groups is 2. The number of fused-ring (bicyclic) bond motifs is 5. The van der Waals surface area contributed by atoms with Gasteiger partial charge >= 0.3 is 12.2 Å². The highest BCUT2D eigenvalue weighted by Gasteiger charge is 2.72. The maximum absolute atomic E-state index is 14.2. The van der Waals surface area contributed by atoms with Gasteiger partial charge in [-0.2, -0.15) is 0 Å². The lowest BCUT2D eigenvalue weighted by Crippen LogP contribution is -2.68. The van der Waals surface area contributed by atoms with E-state index in [1.165, 1.54) is 0 Å². The average Bonchev–Trinajstić information content (AvgIpc) is 3.64. The van der Waals surface area contributed by atoms with Gasteiger partial charge < -0.3 is 40.4 Å². The second kappa shape index (κ2) is 15.7. The van der Waals surface area contributed by atoms with Gasteiger partial charge in [0.1, 0.15) is 17.2 Å². The number of rotatable bonds is 10. The van der Waals surface area contributed by atoms with E-state index in [9.17, 15) is 24.6 Å². The van der Waals surface area contributed by atoms with Crippen molar-refractivity contribution in [2.24, 2.45) is 45.3 Å². The summed E-state index contributed by atoms with van der Waals surface area (Å²) >= 11 is 0. The third kappa shape index (κ3) is 9.16. The number of carbonyl (C=O) groups is 3. The van der Waals surface area contributed by atoms with Gasteiger partial charge in [0, 0.05) is 12.6 Å². The summed E-state index contributed by atoms with van der Waals surface area (Å²) < 4.78 is 17.7. The molecular formula is C46H81N3O8. The Balaban J connectivity index is 1.28. The molecule has 1 saturated heterocycles. The zero-order valence-corrected chi connectivity index (χ0v) is 38.2. The highest BCUT2D eigenvalue weighted by molar-refractivity contribution is 5.86. The standard InChI is InChI=1S/C46H81N3O8/c1-39(2,3)56-37(52)47-26-16-15-17-29(48-38(53)57-40(4,5)6)36(51)49-33-20-22-43(11)31(41(33,7)8)19-24-44(12)32(43)27-30(50)35-28(18-23-45(35,44)13)46(14)25-21-34(55-46)42(9,10)54/h28-35,50,54H,15-27H2,1-14H3,(H,47,52)(H,48,53)(H,49,51)/t28-,29-,30+,31-,32+,33-,34+,35-,43-,44+,45+,46-/m0/s1. The van der Waals surface area contributed by atoms with Crippen LogP contribution in [0, 0.1) is 45.3 Å². The van der Waals surface area contributed by atoms with Gasteiger partial charge in [0.2, 0.25) is 5.91 Å². The molecule has 4 aliphatic carbocycles. The lowest BCUT2D eigenvalue weighted by Gasteiger charge is -2.71. The topological polar surface area (TPSA) is 155 Å². The molecule has 5 N–H and O–H groups in total. The molecule has 328 valence electrons. The maximum atomic E-state index is 14.2. The largest absolute Gasteiger partial charge is 0.444 e. The third-order valence-corrected chi connectivity index (χ3v) is 16.2. The molecule has 57 heavy (non-hydrogen) atoms. The van der Waals surface area contributed by atoms with Crippen LogP contribution in [0.25, 0.3) is 0 Å². The highest BCUT2D eigenvalue weighted by atomic mass is 16.6. The fourth-order valence-corrected chi connectivity index (χ4v) is 13.3. The van der Waals surface area contributed by atoms with Crippen LogP contribution in [-0.2, 0) is 19.0 Å². The van der Waals surface area contributed by atoms with E-state index in [1.807, 2.05) is 34.6 Å². The van der Waals surface area contributed by atoms with E-state index in [0.717, 1.165) is 57.8 Å². The van der Waals surface area contributed by atoms with Crippen LogP contribution in [-0.4, -0.2) is 81.5 Å². The molecule has 0 bridgehead atoms. The van der Waals surface area contributed by atoms with E-state index in [4.69, 9.17) is 14.2 Å². The van der Waals surface area contributed by atoms with Crippen LogP contribution in [0.3, 0.4) is 0 Å². The molecular weight excluding hydrogens is 723 g/mol. The molecule has 11 heteroatoms. The van der Waals surface area contributed by atoms with Crippen molar-refractivity contribution in [2.75, 3.05) is 6.54 Å². The van der Waals surface area contributed by atoms with Gasteiger partial charge in [-0.05, 0) is 185 Å². The van der Waals surface area contributed by atoms with Crippen molar-refractivity contribution in [3.63, 3.8) is 0 Å². The molecule has 1 aliphatic heterocycles. The smallest absolute Gasteiger partial charge is 0.408 e. The van der Waals surface area contributed by atoms with E-state index in [1.54, 1.807) is 20.8 Å². The lowest BCUT2D eigenvalue weighted by atomic mass is 9.35. The monoisotopic (exact) mass is 804 g/mol. The Morgan fingerprint density at radius 1 is 0.772 bits per heavy atom. The molecule has 5 aliphatic rings. The van der Waals surface area contributed by atoms with Crippen molar-refractivity contribution >= 4 is 18.1 Å². The first kappa shape index (κ1) is 46.0. The van der Waals surface area contributed by atoms with E-state index in [0.29, 0.717) is 37.6 Å². The van der Waals surface area contributed by atoms with E-state index in [-0.39, 0.29) is 57.1 Å². The molecule has 0 unspecified atom stereocenters. The Labute approximate surface area is 344 Å². The SMILES string of the molecule is CC(C)(C)OC(=O)NCCCC[C@H](NC(=O)OC(C)(C)C)C(=O)N[C@H]1CC[C@]2(C)[C@H]3C[C@@H](O)[C@@H]4[C@@H]([C@]5(C)CC[C@H](C(C)(C)O)O5)CC[C@@]4(C)[C@]3(C)CC[C@H]2C1(C)C. The number of unbranched alkanes of at least 4 members (excludes halogenated alkanes) is 1. The number of nitrogens with one attached hydrogen (secondary N) is 3. The van der Waals surface area contributed by atoms with Crippen LogP contribution >= 0.6 is 0 Å². The first-order valence-corrected chi connectivity index (χ1v) is 22.3. The Morgan fingerprint density at radius 2 is 1.39 bits per heavy atom. The summed E-state index contributed by atoms with van der Waals surface area (Å²) in [5.41, 5.74) is -2.77. The lowest BCUT2D eigenvalue weighted by molar-refractivity contribution is -0.240. The number of carbonyl (C=O) groups excluding carboxylic acids is 3. The van der Waals surface area contributed by atoms with Crippen LogP contribution < -0.4 is 16.0 Å². The normalized spacial score (nSPS) is 39.5. The van der Waals surface area contributed by atoms with E-state index in [2.05, 4.69) is 57.5 Å². The van der Waals surface area contributed by atoms with Gasteiger partial charge in [-0.25, -0.2) is 9.59 Å². The number of hydrogen-bond donors (Lipinski definition) is 5. The van der Waals surface area contributed by atoms with Crippen LogP contribution in [0.5, 0.6) is 0 Å². The molecule has 3 amide bonds. The van der Waals surface area contributed by atoms with E-state index < -0.39 is 41.1 Å². The average molecular weight is 804 g/mol. The first-order chi connectivity index (χ1) is 26.0. The number of ether oxygens (including phenoxy) is 3. The number of alkyl carbamates (subject to hydrolysis) is 2. The molecule has 0 aromatic rings. The van der Waals surface area contributed by atoms with Gasteiger partial charge in [0.05, 0.1) is 23.4 Å². The summed E-state index contributed by atoms with van der Waals surface area (Å²) in [4.78, 5) is 39.3. The van der Waals surface area contributed by atoms with Gasteiger partial charge in [0.15, 0.2) is 0 Å². The molecule has 5 rings (SSSR count). The summed E-state index contributed by atoms with van der Waals surface area (Å²) in [7, 11) is 0. The summed E-state index contributed by atoms with van der Waals surface area (Å²) in [5.74, 6) is 0.867. The third-order valence-electron chi connectivity index (χ3n) is 16.2. The Morgan fingerprint density at radius 3 is 1.98 bits per heavy atom. The Bertz CT molecular complexity index is 1480. The number of amides is 3. The second-order valence-corrected chi connectivity index (χ2v) is 23.1. The van der Waals surface area contributed by atoms with Gasteiger partial charge in [-0.3, -0.25) is 4.79 Å². The molecule has 11 nitrogen and oxygen atoms in total. The molecule has 0 radical (unpaired) electrons. The van der Waals surface area contributed by atoms with Crippen LogP contribution in [0.2, 0.25) is 0 Å². The minimum Gasteiger partial charge on any atom is -0.444 e. The predicted octanol–water partition coefficient (Wildman–Crippen LogP) is 8.42. The molecule has 1 heterocycles. The Hall–Kier alpha value is -2.11. The van der Waals surface area contributed by atoms with Crippen molar-refractivity contribution in [2.45, 2.75) is 221 Å². The highest BCUT2D eigenvalue weighted by Crippen LogP contribution is 2.76. The van der Waals surface area contributed by atoms with Crippen LogP contribution in [0.4, 0.5) is 9.59 Å². The van der Waals surface area contributed by atoms with Gasteiger partial charge in [-0.15, -0.1) is 0 Å². The van der Waals surface area contributed by atoms with Crippen molar-refractivity contribution in [1.29, 1.82) is 0 Å². The summed E-state index contributed by atoms with van der Waals surface area (Å²) in [6.07, 6.45) is 8.47. The molecule has 0 spiro atoms. The zero-order chi connectivity index (χ0) is 42.8. The Kier molecular flexibility index (Phi) is 12.7. The van der Waals surface area contributed by atoms with E-state index >= 15 is 0 Å². The summed E-state index contributed by atoms with van der Waals surface area (Å²) in [5, 5.41) is 32.2. The van der Waals surface area contributed by atoms with Crippen LogP contribution in [0.15, 0.2) is 0 Å². The number of hydrogen-bond acceptors (Lipinski definition) is 8. The quantitative estimate of drug-likeness (QED) is 0.138. The van der Waals surface area contributed by atoms with Gasteiger partial charge in [-0.1, -0.05) is 34.6 Å². The van der Waals surface area contributed by atoms with Crippen LogP contribution in [0.1, 0.15) is 174 Å². The summed E-state index contributed by atoms with van der Waals surface area (Å²) in [6, 6.07) is -0.870. The fraction of sp³-hybridized carbons (Fsp3) is 0.935. The maximum Gasteiger partial charge on any atom is 0.408 e. The van der Waals surface area contributed by atoms with Crippen molar-refractivity contribution in [1.82, 2.24) is 16.0 Å². The second-order valence-electron chi connectivity index (χ2n) is 23.1. The number of aliphatic hydroxyl groups excluding tert-OH is 1. The fourth-order valence-electron chi connectivity index (χ4n) is 13.3. The van der Waals surface area contributed by atoms with Crippen molar-refractivity contribution < 1.29 is 38.8 Å². The minimum atomic E-state index is -0.891. The molecule has 12 atom stereocenters. The molecule has 0 aromatic carbocycles. The zero-order valence-electron chi connectivity index (χ0n) is 38.2. The summed E-state index contributed by atoms with van der Waals surface area (Å²) in [6.45, 7) is 29.3. The molecule has 0 aromatic heterocycles.